The van der Waals surface area contributed by atoms with E-state index in [9.17, 15) is 4.79 Å². The number of carbonyl (C=O) groups is 1. The molecule has 0 bridgehead atoms. The van der Waals surface area contributed by atoms with E-state index in [1.54, 1.807) is 4.68 Å². The normalized spacial score (nSPS) is 10.8. The molecule has 0 aliphatic carbocycles. The first-order chi connectivity index (χ1) is 13.1. The van der Waals surface area contributed by atoms with E-state index in [1.807, 2.05) is 56.5 Å². The van der Waals surface area contributed by atoms with Gasteiger partial charge in [0.25, 0.3) is 5.91 Å². The van der Waals surface area contributed by atoms with Gasteiger partial charge in [-0.3, -0.25) is 4.79 Å². The van der Waals surface area contributed by atoms with Crippen molar-refractivity contribution in [2.75, 3.05) is 25.1 Å². The third-order valence-electron chi connectivity index (χ3n) is 3.67. The maximum atomic E-state index is 12.0. The first-order valence-corrected chi connectivity index (χ1v) is 9.62. The number of ether oxygens (including phenoxy) is 2. The number of amides is 1. The van der Waals surface area contributed by atoms with Gasteiger partial charge in [0.2, 0.25) is 5.13 Å². The topological polar surface area (TPSA) is 78.3 Å². The lowest BCUT2D eigenvalue weighted by molar-refractivity contribution is -0.120. The van der Waals surface area contributed by atoms with Crippen LogP contribution in [-0.2, 0) is 9.53 Å². The van der Waals surface area contributed by atoms with Gasteiger partial charge in [-0.15, -0.1) is 11.3 Å². The summed E-state index contributed by atoms with van der Waals surface area (Å²) in [7, 11) is 0. The van der Waals surface area contributed by atoms with Crippen LogP contribution in [0.3, 0.4) is 0 Å². The summed E-state index contributed by atoms with van der Waals surface area (Å²) in [5.74, 6) is 1.18. The fourth-order valence-electron chi connectivity index (χ4n) is 2.49. The third-order valence-corrected chi connectivity index (χ3v) is 4.49. The van der Waals surface area contributed by atoms with Crippen LogP contribution >= 0.6 is 11.3 Å². The van der Waals surface area contributed by atoms with Gasteiger partial charge in [0.1, 0.15) is 18.2 Å². The van der Waals surface area contributed by atoms with E-state index in [0.29, 0.717) is 24.2 Å². The number of hydrogen-bond donors (Lipinski definition) is 1. The van der Waals surface area contributed by atoms with Gasteiger partial charge < -0.3 is 14.8 Å². The maximum absolute atomic E-state index is 12.0. The molecule has 0 aliphatic rings. The molecule has 27 heavy (non-hydrogen) atoms. The van der Waals surface area contributed by atoms with Crippen LogP contribution in [0.5, 0.6) is 5.75 Å². The van der Waals surface area contributed by atoms with Gasteiger partial charge in [-0.2, -0.15) is 9.78 Å². The lowest BCUT2D eigenvalue weighted by Crippen LogP contribution is -2.20. The Labute approximate surface area is 162 Å². The van der Waals surface area contributed by atoms with Gasteiger partial charge in [-0.25, -0.2) is 4.98 Å². The highest BCUT2D eigenvalue weighted by Gasteiger charge is 2.14. The predicted molar refractivity (Wildman–Crippen MR) is 106 cm³/mol. The number of aromatic nitrogens is 3. The Morgan fingerprint density at radius 3 is 2.70 bits per heavy atom. The van der Waals surface area contributed by atoms with E-state index in [2.05, 4.69) is 15.4 Å². The van der Waals surface area contributed by atoms with Gasteiger partial charge in [0.05, 0.1) is 18.0 Å². The first kappa shape index (κ1) is 19.1. The van der Waals surface area contributed by atoms with E-state index >= 15 is 0 Å². The molecule has 1 N–H and O–H groups in total. The Morgan fingerprint density at radius 1 is 1.22 bits per heavy atom. The monoisotopic (exact) mass is 386 g/mol. The Morgan fingerprint density at radius 2 is 2.00 bits per heavy atom. The van der Waals surface area contributed by atoms with Crippen molar-refractivity contribution in [3.63, 3.8) is 0 Å². The van der Waals surface area contributed by atoms with Gasteiger partial charge in [-0.05, 0) is 45.0 Å². The van der Waals surface area contributed by atoms with Crippen LogP contribution in [0.15, 0.2) is 35.7 Å². The number of nitrogens with zero attached hydrogens (tertiary/aromatic N) is 3. The van der Waals surface area contributed by atoms with Crippen LogP contribution < -0.4 is 10.1 Å². The lowest BCUT2D eigenvalue weighted by Gasteiger charge is -2.06. The summed E-state index contributed by atoms with van der Waals surface area (Å²) >= 11 is 1.46. The molecule has 7 nitrogen and oxygen atoms in total. The number of hydrogen-bond acceptors (Lipinski definition) is 6. The molecule has 142 valence electrons. The van der Waals surface area contributed by atoms with Crippen molar-refractivity contribution in [1.82, 2.24) is 14.8 Å². The van der Waals surface area contributed by atoms with Crippen LogP contribution in [-0.4, -0.2) is 40.5 Å². The zero-order chi connectivity index (χ0) is 19.2. The number of anilines is 1. The van der Waals surface area contributed by atoms with Gasteiger partial charge in [-0.1, -0.05) is 0 Å². The van der Waals surface area contributed by atoms with E-state index in [-0.39, 0.29) is 12.5 Å². The van der Waals surface area contributed by atoms with Crippen LogP contribution in [0.1, 0.15) is 19.5 Å². The summed E-state index contributed by atoms with van der Waals surface area (Å²) in [4.78, 5) is 16.6. The van der Waals surface area contributed by atoms with E-state index in [1.165, 1.54) is 11.3 Å². The zero-order valence-corrected chi connectivity index (χ0v) is 16.4. The first-order valence-electron chi connectivity index (χ1n) is 8.74. The largest absolute Gasteiger partial charge is 0.494 e. The molecule has 3 aromatic rings. The minimum Gasteiger partial charge on any atom is -0.494 e. The molecule has 0 aliphatic heterocycles. The highest BCUT2D eigenvalue weighted by atomic mass is 32.1. The number of aryl methyl sites for hydroxylation is 1. The Bertz CT molecular complexity index is 902. The zero-order valence-electron chi connectivity index (χ0n) is 15.6. The second-order valence-electron chi connectivity index (χ2n) is 5.74. The lowest BCUT2D eigenvalue weighted by atomic mass is 10.2. The van der Waals surface area contributed by atoms with Gasteiger partial charge in [0.15, 0.2) is 0 Å². The molecule has 2 aromatic heterocycles. The molecule has 1 aromatic carbocycles. The van der Waals surface area contributed by atoms with E-state index in [4.69, 9.17) is 9.47 Å². The summed E-state index contributed by atoms with van der Waals surface area (Å²) in [5, 5.41) is 9.92. The standard InChI is InChI=1S/C19H22N4O3S/c1-4-25-11-18(24)21-17-10-13(3)22-23(17)19-20-16(12-27-19)14-6-8-15(9-7-14)26-5-2/h6-10,12H,4-5,11H2,1-3H3,(H,21,24). The van der Waals surface area contributed by atoms with Crippen molar-refractivity contribution in [2.24, 2.45) is 0 Å². The quantitative estimate of drug-likeness (QED) is 0.639. The number of nitrogens with one attached hydrogen (secondary N) is 1. The molecule has 0 saturated carbocycles. The highest BCUT2D eigenvalue weighted by molar-refractivity contribution is 7.12. The summed E-state index contributed by atoms with van der Waals surface area (Å²) in [6.45, 7) is 6.81. The number of thiazole rings is 1. The second kappa shape index (κ2) is 8.79. The van der Waals surface area contributed by atoms with E-state index < -0.39 is 0 Å². The van der Waals surface area contributed by atoms with Crippen LogP contribution in [0, 0.1) is 6.92 Å². The average Bonchev–Trinajstić information content (AvgIpc) is 3.27. The summed E-state index contributed by atoms with van der Waals surface area (Å²) in [6, 6.07) is 9.61. The molecule has 1 amide bonds. The molecule has 0 atom stereocenters. The number of carbonyl (C=O) groups excluding carboxylic acids is 1. The summed E-state index contributed by atoms with van der Waals surface area (Å²) in [5.41, 5.74) is 2.63. The Kier molecular flexibility index (Phi) is 6.20. The SMILES string of the molecule is CCOCC(=O)Nc1cc(C)nn1-c1nc(-c2ccc(OCC)cc2)cs1. The van der Waals surface area contributed by atoms with Crippen molar-refractivity contribution in [3.05, 3.63) is 41.4 Å². The summed E-state index contributed by atoms with van der Waals surface area (Å²) in [6.07, 6.45) is 0. The number of benzene rings is 1. The molecular weight excluding hydrogens is 364 g/mol. The van der Waals surface area contributed by atoms with Crippen LogP contribution in [0.2, 0.25) is 0 Å². The second-order valence-corrected chi connectivity index (χ2v) is 6.58. The molecule has 8 heteroatoms. The van der Waals surface area contributed by atoms with Crippen molar-refractivity contribution >= 4 is 23.1 Å². The molecule has 0 spiro atoms. The Balaban J connectivity index is 1.81. The van der Waals surface area contributed by atoms with Gasteiger partial charge in [0, 0.05) is 23.6 Å². The van der Waals surface area contributed by atoms with Gasteiger partial charge >= 0.3 is 0 Å². The smallest absolute Gasteiger partial charge is 0.251 e. The minimum absolute atomic E-state index is 0.00995. The maximum Gasteiger partial charge on any atom is 0.251 e. The molecule has 0 saturated heterocycles. The third kappa shape index (κ3) is 4.72. The number of rotatable bonds is 8. The van der Waals surface area contributed by atoms with Crippen molar-refractivity contribution in [2.45, 2.75) is 20.8 Å². The molecule has 0 radical (unpaired) electrons. The van der Waals surface area contributed by atoms with Crippen molar-refractivity contribution in [1.29, 1.82) is 0 Å². The highest BCUT2D eigenvalue weighted by Crippen LogP contribution is 2.27. The molecule has 3 rings (SSSR count). The van der Waals surface area contributed by atoms with Crippen molar-refractivity contribution in [3.8, 4) is 22.1 Å². The fraction of sp³-hybridized carbons (Fsp3) is 0.316. The average molecular weight is 386 g/mol. The van der Waals surface area contributed by atoms with E-state index in [0.717, 1.165) is 22.7 Å². The fourth-order valence-corrected chi connectivity index (χ4v) is 3.29. The predicted octanol–water partition coefficient (Wildman–Crippen LogP) is 3.68. The summed E-state index contributed by atoms with van der Waals surface area (Å²) < 4.78 is 12.3. The van der Waals surface area contributed by atoms with Crippen LogP contribution in [0.25, 0.3) is 16.4 Å². The molecule has 0 fully saturated rings. The molecular formula is C19H22N4O3S. The Hall–Kier alpha value is -2.71. The van der Waals surface area contributed by atoms with Crippen molar-refractivity contribution < 1.29 is 14.3 Å². The van der Waals surface area contributed by atoms with Crippen LogP contribution in [0.4, 0.5) is 5.82 Å². The molecule has 2 heterocycles. The minimum atomic E-state index is -0.221. The molecule has 0 unspecified atom stereocenters.